The molecule has 0 saturated heterocycles. The zero-order chi connectivity index (χ0) is 13.5. The average Bonchev–Trinajstić information content (AvgIpc) is 2.91. The van der Waals surface area contributed by atoms with Gasteiger partial charge in [-0.3, -0.25) is 0 Å². The minimum atomic E-state index is 0.460. The monoisotopic (exact) mass is 268 g/mol. The van der Waals surface area contributed by atoms with E-state index in [4.69, 9.17) is 15.2 Å². The van der Waals surface area contributed by atoms with Crippen LogP contribution in [0.15, 0.2) is 36.7 Å². The van der Waals surface area contributed by atoms with Crippen molar-refractivity contribution in [2.45, 2.75) is 0 Å². The third-order valence-corrected chi connectivity index (χ3v) is 3.23. The molecule has 0 aliphatic carbocycles. The fourth-order valence-corrected chi connectivity index (χ4v) is 2.33. The van der Waals surface area contributed by atoms with Crippen molar-refractivity contribution in [3.8, 4) is 17.3 Å². The number of fused-ring (bicyclic) bond motifs is 2. The molecule has 1 aromatic carbocycles. The maximum absolute atomic E-state index is 5.67. The SMILES string of the molecule is Nc1ccn(-c2nccc3cc4c(cc23)OCCO4)n1. The minimum Gasteiger partial charge on any atom is -0.486 e. The maximum atomic E-state index is 5.67. The normalized spacial score (nSPS) is 13.6. The van der Waals surface area contributed by atoms with E-state index in [1.165, 1.54) is 0 Å². The highest BCUT2D eigenvalue weighted by atomic mass is 16.6. The van der Waals surface area contributed by atoms with E-state index in [1.54, 1.807) is 23.1 Å². The van der Waals surface area contributed by atoms with E-state index in [1.807, 2.05) is 18.2 Å². The Morgan fingerprint density at radius 1 is 1.10 bits per heavy atom. The van der Waals surface area contributed by atoms with Gasteiger partial charge in [0.1, 0.15) is 19.0 Å². The van der Waals surface area contributed by atoms with Gasteiger partial charge in [-0.15, -0.1) is 5.10 Å². The summed E-state index contributed by atoms with van der Waals surface area (Å²) in [6.45, 7) is 1.13. The van der Waals surface area contributed by atoms with Crippen LogP contribution in [0, 0.1) is 0 Å². The van der Waals surface area contributed by atoms with Gasteiger partial charge < -0.3 is 15.2 Å². The minimum absolute atomic E-state index is 0.460. The molecule has 3 heterocycles. The van der Waals surface area contributed by atoms with Crippen LogP contribution in [0.2, 0.25) is 0 Å². The molecule has 0 amide bonds. The van der Waals surface area contributed by atoms with Crippen molar-refractivity contribution in [3.63, 3.8) is 0 Å². The van der Waals surface area contributed by atoms with E-state index in [9.17, 15) is 0 Å². The summed E-state index contributed by atoms with van der Waals surface area (Å²) in [7, 11) is 0. The van der Waals surface area contributed by atoms with Crippen molar-refractivity contribution < 1.29 is 9.47 Å². The van der Waals surface area contributed by atoms with Crippen molar-refractivity contribution in [1.29, 1.82) is 0 Å². The Balaban J connectivity index is 1.97. The predicted molar refractivity (Wildman–Crippen MR) is 74.3 cm³/mol. The van der Waals surface area contributed by atoms with E-state index in [2.05, 4.69) is 10.1 Å². The predicted octanol–water partition coefficient (Wildman–Crippen LogP) is 1.77. The first kappa shape index (κ1) is 11.1. The zero-order valence-corrected chi connectivity index (χ0v) is 10.6. The van der Waals surface area contributed by atoms with Gasteiger partial charge in [0.25, 0.3) is 0 Å². The first-order valence-electron chi connectivity index (χ1n) is 6.31. The molecule has 1 aliphatic rings. The summed E-state index contributed by atoms with van der Waals surface area (Å²) in [5.41, 5.74) is 5.67. The van der Waals surface area contributed by atoms with Gasteiger partial charge in [-0.1, -0.05) is 0 Å². The Morgan fingerprint density at radius 3 is 2.65 bits per heavy atom. The molecule has 6 heteroatoms. The molecule has 0 spiro atoms. The van der Waals surface area contributed by atoms with E-state index < -0.39 is 0 Å². The van der Waals surface area contributed by atoms with Crippen LogP contribution in [0.3, 0.4) is 0 Å². The number of nitrogens with zero attached hydrogens (tertiary/aromatic N) is 3. The summed E-state index contributed by atoms with van der Waals surface area (Å²) < 4.78 is 12.9. The van der Waals surface area contributed by atoms with Gasteiger partial charge in [0.05, 0.1) is 0 Å². The Labute approximate surface area is 114 Å². The fraction of sp³-hybridized carbons (Fsp3) is 0.143. The molecule has 2 aromatic heterocycles. The zero-order valence-electron chi connectivity index (χ0n) is 10.6. The molecule has 0 bridgehead atoms. The third kappa shape index (κ3) is 1.65. The summed E-state index contributed by atoms with van der Waals surface area (Å²) >= 11 is 0. The summed E-state index contributed by atoms with van der Waals surface area (Å²) in [6.07, 6.45) is 3.53. The van der Waals surface area contributed by atoms with Crippen molar-refractivity contribution in [3.05, 3.63) is 36.7 Å². The highest BCUT2D eigenvalue weighted by molar-refractivity contribution is 5.91. The lowest BCUT2D eigenvalue weighted by atomic mass is 10.1. The van der Waals surface area contributed by atoms with Crippen LogP contribution in [0.5, 0.6) is 11.5 Å². The Kier molecular flexibility index (Phi) is 2.29. The van der Waals surface area contributed by atoms with E-state index in [0.29, 0.717) is 19.0 Å². The second kappa shape index (κ2) is 4.12. The number of nitrogen functional groups attached to an aromatic ring is 1. The van der Waals surface area contributed by atoms with Crippen LogP contribution in [0.25, 0.3) is 16.6 Å². The molecule has 6 nitrogen and oxygen atoms in total. The quantitative estimate of drug-likeness (QED) is 0.728. The number of ether oxygens (including phenoxy) is 2. The first-order chi connectivity index (χ1) is 9.81. The Hall–Kier alpha value is -2.76. The number of rotatable bonds is 1. The van der Waals surface area contributed by atoms with Crippen LogP contribution < -0.4 is 15.2 Å². The molecule has 3 aromatic rings. The molecule has 4 rings (SSSR count). The van der Waals surface area contributed by atoms with Gasteiger partial charge in [-0.25, -0.2) is 9.67 Å². The van der Waals surface area contributed by atoms with Crippen LogP contribution in [-0.2, 0) is 0 Å². The molecule has 100 valence electrons. The highest BCUT2D eigenvalue weighted by Crippen LogP contribution is 2.35. The first-order valence-corrected chi connectivity index (χ1v) is 6.31. The molecule has 1 aliphatic heterocycles. The molecular formula is C14H12N4O2. The smallest absolute Gasteiger partial charge is 0.162 e. The topological polar surface area (TPSA) is 75.2 Å². The molecule has 0 atom stereocenters. The van der Waals surface area contributed by atoms with Gasteiger partial charge in [0.15, 0.2) is 17.3 Å². The van der Waals surface area contributed by atoms with Crippen molar-refractivity contribution in [1.82, 2.24) is 14.8 Å². The maximum Gasteiger partial charge on any atom is 0.162 e. The lowest BCUT2D eigenvalue weighted by Crippen LogP contribution is -2.15. The number of pyridine rings is 1. The Bertz CT molecular complexity index is 797. The van der Waals surface area contributed by atoms with E-state index in [-0.39, 0.29) is 0 Å². The van der Waals surface area contributed by atoms with Gasteiger partial charge >= 0.3 is 0 Å². The van der Waals surface area contributed by atoms with Gasteiger partial charge in [0.2, 0.25) is 0 Å². The summed E-state index contributed by atoms with van der Waals surface area (Å²) in [5.74, 6) is 2.68. The van der Waals surface area contributed by atoms with Crippen molar-refractivity contribution in [2.24, 2.45) is 0 Å². The second-order valence-electron chi connectivity index (χ2n) is 4.54. The molecule has 0 unspecified atom stereocenters. The number of aromatic nitrogens is 3. The standard InChI is InChI=1S/C14H12N4O2/c15-13-2-4-18(17-13)14-10-8-12-11(19-5-6-20-12)7-9(10)1-3-16-14/h1-4,7-8H,5-6H2,(H2,15,17). The van der Waals surface area contributed by atoms with Crippen LogP contribution in [-0.4, -0.2) is 28.0 Å². The molecule has 0 fully saturated rings. The number of benzene rings is 1. The largest absolute Gasteiger partial charge is 0.486 e. The lowest BCUT2D eigenvalue weighted by molar-refractivity contribution is 0.172. The summed E-state index contributed by atoms with van der Waals surface area (Å²) in [5, 5.41) is 6.17. The molecule has 0 radical (unpaired) electrons. The number of anilines is 1. The van der Waals surface area contributed by atoms with Crippen LogP contribution in [0.1, 0.15) is 0 Å². The number of hydrogen-bond acceptors (Lipinski definition) is 5. The molecular weight excluding hydrogens is 256 g/mol. The third-order valence-electron chi connectivity index (χ3n) is 3.23. The molecule has 2 N–H and O–H groups in total. The Morgan fingerprint density at radius 2 is 1.90 bits per heavy atom. The van der Waals surface area contributed by atoms with Crippen LogP contribution in [0.4, 0.5) is 5.82 Å². The highest BCUT2D eigenvalue weighted by Gasteiger charge is 2.15. The van der Waals surface area contributed by atoms with Gasteiger partial charge in [-0.2, -0.15) is 0 Å². The van der Waals surface area contributed by atoms with Gasteiger partial charge in [0, 0.05) is 23.8 Å². The number of hydrogen-bond donors (Lipinski definition) is 1. The fourth-order valence-electron chi connectivity index (χ4n) is 2.33. The van der Waals surface area contributed by atoms with E-state index >= 15 is 0 Å². The van der Waals surface area contributed by atoms with Crippen molar-refractivity contribution >= 4 is 16.6 Å². The molecule has 20 heavy (non-hydrogen) atoms. The average molecular weight is 268 g/mol. The van der Waals surface area contributed by atoms with E-state index in [0.717, 1.165) is 28.1 Å². The van der Waals surface area contributed by atoms with Crippen LogP contribution >= 0.6 is 0 Å². The lowest BCUT2D eigenvalue weighted by Gasteiger charge is -2.19. The van der Waals surface area contributed by atoms with Gasteiger partial charge in [-0.05, 0) is 23.6 Å². The van der Waals surface area contributed by atoms with Crippen molar-refractivity contribution in [2.75, 3.05) is 18.9 Å². The second-order valence-corrected chi connectivity index (χ2v) is 4.54. The number of nitrogens with two attached hydrogens (primary N) is 1. The summed E-state index contributed by atoms with van der Waals surface area (Å²) in [6, 6.07) is 7.56. The summed E-state index contributed by atoms with van der Waals surface area (Å²) in [4.78, 5) is 4.39. The molecule has 0 saturated carbocycles.